The van der Waals surface area contributed by atoms with E-state index in [0.717, 1.165) is 5.69 Å². The van der Waals surface area contributed by atoms with Crippen LogP contribution in [0.3, 0.4) is 0 Å². The number of carbonyl (C=O) groups is 1. The van der Waals surface area contributed by atoms with Gasteiger partial charge in [0.05, 0.1) is 11.1 Å². The summed E-state index contributed by atoms with van der Waals surface area (Å²) in [5.41, 5.74) is 3.10. The molecule has 0 atom stereocenters. The predicted octanol–water partition coefficient (Wildman–Crippen LogP) is 5.87. The molecule has 0 saturated carbocycles. The molecule has 0 aliphatic rings. The van der Waals surface area contributed by atoms with E-state index >= 15 is 0 Å². The topological polar surface area (TPSA) is 90.8 Å². The summed E-state index contributed by atoms with van der Waals surface area (Å²) < 4.78 is 36.0. The summed E-state index contributed by atoms with van der Waals surface area (Å²) in [6.07, 6.45) is -0.629. The minimum absolute atomic E-state index is 0.0183. The minimum atomic E-state index is -0.656. The van der Waals surface area contributed by atoms with Gasteiger partial charge in [-0.1, -0.05) is 18.2 Å². The Kier molecular flexibility index (Phi) is 7.26. The molecule has 1 N–H and O–H groups in total. The molecule has 0 saturated heterocycles. The molecule has 180 valence electrons. The Hall–Kier alpha value is -4.17. The smallest absolute Gasteiger partial charge is 0.407 e. The number of nitrogens with zero attached hydrogens (tertiary/aromatic N) is 3. The highest BCUT2D eigenvalue weighted by Crippen LogP contribution is 2.33. The fraction of sp³-hybridized carbons (Fsp3) is 0.296. The van der Waals surface area contributed by atoms with Crippen LogP contribution in [0.1, 0.15) is 54.4 Å². The molecular weight excluding hydrogens is 450 g/mol. The molecule has 2 aromatic carbocycles. The van der Waals surface area contributed by atoms with Crippen LogP contribution >= 0.6 is 0 Å². The normalized spacial score (nSPS) is 11.0. The molecule has 0 unspecified atom stereocenters. The summed E-state index contributed by atoms with van der Waals surface area (Å²) >= 11 is 0. The molecule has 8 heteroatoms. The monoisotopic (exact) mass is 476 g/mol. The lowest BCUT2D eigenvalue weighted by Gasteiger charge is -2.19. The van der Waals surface area contributed by atoms with Crippen LogP contribution in [-0.2, 0) is 17.8 Å². The van der Waals surface area contributed by atoms with E-state index in [2.05, 4.69) is 11.4 Å². The maximum Gasteiger partial charge on any atom is 0.407 e. The van der Waals surface area contributed by atoms with Crippen LogP contribution in [0.15, 0.2) is 36.4 Å². The lowest BCUT2D eigenvalue weighted by Crippen LogP contribution is -2.32. The van der Waals surface area contributed by atoms with Crippen molar-refractivity contribution in [2.24, 2.45) is 0 Å². The van der Waals surface area contributed by atoms with E-state index in [1.165, 1.54) is 18.2 Å². The predicted molar refractivity (Wildman–Crippen MR) is 127 cm³/mol. The van der Waals surface area contributed by atoms with Gasteiger partial charge >= 0.3 is 6.09 Å². The van der Waals surface area contributed by atoms with Crippen molar-refractivity contribution < 1.29 is 18.3 Å². The molecule has 0 aliphatic carbocycles. The number of benzene rings is 2. The van der Waals surface area contributed by atoms with Gasteiger partial charge in [-0.3, -0.25) is 0 Å². The van der Waals surface area contributed by atoms with E-state index in [0.29, 0.717) is 40.1 Å². The Labute approximate surface area is 203 Å². The molecular formula is C27H26F2N4O2. The zero-order valence-electron chi connectivity index (χ0n) is 20.3. The van der Waals surface area contributed by atoms with Gasteiger partial charge in [0, 0.05) is 35.6 Å². The Bertz CT molecular complexity index is 1370. The minimum Gasteiger partial charge on any atom is -0.444 e. The van der Waals surface area contributed by atoms with Gasteiger partial charge in [-0.2, -0.15) is 10.5 Å². The van der Waals surface area contributed by atoms with Crippen LogP contribution in [0.5, 0.6) is 0 Å². The maximum atomic E-state index is 14.8. The molecule has 1 aromatic heterocycles. The summed E-state index contributed by atoms with van der Waals surface area (Å²) in [7, 11) is 0. The van der Waals surface area contributed by atoms with Gasteiger partial charge in [0.2, 0.25) is 0 Å². The van der Waals surface area contributed by atoms with Crippen LogP contribution in [0.2, 0.25) is 0 Å². The number of nitriles is 2. The first-order chi connectivity index (χ1) is 16.4. The summed E-state index contributed by atoms with van der Waals surface area (Å²) in [4.78, 5) is 11.8. The van der Waals surface area contributed by atoms with Crippen molar-refractivity contribution in [1.82, 2.24) is 9.88 Å². The second-order valence-electron chi connectivity index (χ2n) is 9.21. The average molecular weight is 477 g/mol. The number of carbonyl (C=O) groups excluding carboxylic acids is 1. The van der Waals surface area contributed by atoms with Crippen LogP contribution in [0.4, 0.5) is 13.6 Å². The van der Waals surface area contributed by atoms with Gasteiger partial charge in [0.1, 0.15) is 29.4 Å². The van der Waals surface area contributed by atoms with E-state index in [1.54, 1.807) is 52.0 Å². The number of hydrogen-bond acceptors (Lipinski definition) is 4. The second-order valence-corrected chi connectivity index (χ2v) is 9.21. The van der Waals surface area contributed by atoms with Crippen LogP contribution < -0.4 is 5.32 Å². The molecule has 0 radical (unpaired) electrons. The number of halogens is 2. The van der Waals surface area contributed by atoms with Gasteiger partial charge in [-0.05, 0) is 63.9 Å². The SMILES string of the molecule is Cc1c(C#N)c(-c2ccc(C#N)c(F)c2)c(C)n1Cc1ccc(CNC(=O)OC(C)(C)C)c(F)c1. The van der Waals surface area contributed by atoms with E-state index < -0.39 is 23.3 Å². The standard InChI is InChI=1S/C27H26F2N4O2/c1-16-22(13-31)25(19-8-9-20(12-30)24(29)11-19)17(2)33(16)15-18-6-7-21(23(28)10-18)14-32-26(34)35-27(3,4)5/h6-11H,14-15H2,1-5H3,(H,32,34). The number of amides is 1. The van der Waals surface area contributed by atoms with Crippen molar-refractivity contribution >= 4 is 6.09 Å². The molecule has 0 fully saturated rings. The highest BCUT2D eigenvalue weighted by atomic mass is 19.1. The van der Waals surface area contributed by atoms with Gasteiger partial charge in [0.25, 0.3) is 0 Å². The highest BCUT2D eigenvalue weighted by molar-refractivity contribution is 5.75. The maximum absolute atomic E-state index is 14.8. The number of hydrogen-bond donors (Lipinski definition) is 1. The third kappa shape index (κ3) is 5.67. The van der Waals surface area contributed by atoms with Crippen LogP contribution in [-0.4, -0.2) is 16.3 Å². The number of alkyl carbamates (subject to hydrolysis) is 1. The van der Waals surface area contributed by atoms with E-state index in [-0.39, 0.29) is 12.1 Å². The number of aromatic nitrogens is 1. The lowest BCUT2D eigenvalue weighted by atomic mass is 10.00. The zero-order valence-corrected chi connectivity index (χ0v) is 20.3. The number of nitrogens with one attached hydrogen (secondary N) is 1. The van der Waals surface area contributed by atoms with Crippen LogP contribution in [0, 0.1) is 48.1 Å². The third-order valence-electron chi connectivity index (χ3n) is 5.55. The number of ether oxygens (including phenoxy) is 1. The van der Waals surface area contributed by atoms with Crippen molar-refractivity contribution in [3.8, 4) is 23.3 Å². The van der Waals surface area contributed by atoms with Gasteiger partial charge in [-0.25, -0.2) is 13.6 Å². The first kappa shape index (κ1) is 25.5. The number of rotatable bonds is 5. The zero-order chi connectivity index (χ0) is 25.9. The summed E-state index contributed by atoms with van der Waals surface area (Å²) in [6, 6.07) is 13.0. The van der Waals surface area contributed by atoms with Crippen molar-refractivity contribution in [3.05, 3.63) is 81.7 Å². The lowest BCUT2D eigenvalue weighted by molar-refractivity contribution is 0.0523. The highest BCUT2D eigenvalue weighted by Gasteiger charge is 2.21. The average Bonchev–Trinajstić information content (AvgIpc) is 3.01. The molecule has 0 bridgehead atoms. The Balaban J connectivity index is 1.86. The van der Waals surface area contributed by atoms with Crippen LogP contribution in [0.25, 0.3) is 11.1 Å². The quantitative estimate of drug-likeness (QED) is 0.499. The molecule has 1 amide bonds. The second kappa shape index (κ2) is 9.99. The third-order valence-corrected chi connectivity index (χ3v) is 5.55. The van der Waals surface area contributed by atoms with E-state index in [4.69, 9.17) is 10.00 Å². The summed E-state index contributed by atoms with van der Waals surface area (Å²) in [6.45, 7) is 9.10. The molecule has 1 heterocycles. The molecule has 3 aromatic rings. The molecule has 3 rings (SSSR count). The summed E-state index contributed by atoms with van der Waals surface area (Å²) in [5.74, 6) is -1.13. The van der Waals surface area contributed by atoms with E-state index in [9.17, 15) is 18.8 Å². The van der Waals surface area contributed by atoms with Gasteiger partial charge < -0.3 is 14.6 Å². The Morgan fingerprint density at radius 3 is 2.31 bits per heavy atom. The largest absolute Gasteiger partial charge is 0.444 e. The molecule has 0 aliphatic heterocycles. The molecule has 0 spiro atoms. The van der Waals surface area contributed by atoms with Crippen molar-refractivity contribution in [2.45, 2.75) is 53.3 Å². The first-order valence-corrected chi connectivity index (χ1v) is 11.0. The van der Waals surface area contributed by atoms with Gasteiger partial charge in [-0.15, -0.1) is 0 Å². The fourth-order valence-corrected chi connectivity index (χ4v) is 3.87. The Morgan fingerprint density at radius 2 is 1.74 bits per heavy atom. The van der Waals surface area contributed by atoms with E-state index in [1.807, 2.05) is 11.5 Å². The summed E-state index contributed by atoms with van der Waals surface area (Å²) in [5, 5.41) is 21.3. The molecule has 6 nitrogen and oxygen atoms in total. The van der Waals surface area contributed by atoms with Crippen molar-refractivity contribution in [2.75, 3.05) is 0 Å². The van der Waals surface area contributed by atoms with Crippen molar-refractivity contribution in [3.63, 3.8) is 0 Å². The Morgan fingerprint density at radius 1 is 1.03 bits per heavy atom. The fourth-order valence-electron chi connectivity index (χ4n) is 3.87. The first-order valence-electron chi connectivity index (χ1n) is 11.0. The van der Waals surface area contributed by atoms with Crippen molar-refractivity contribution in [1.29, 1.82) is 10.5 Å². The molecule has 35 heavy (non-hydrogen) atoms. The van der Waals surface area contributed by atoms with Gasteiger partial charge in [0.15, 0.2) is 0 Å².